The lowest BCUT2D eigenvalue weighted by Crippen LogP contribution is -2.49. The Kier molecular flexibility index (Phi) is 5.75. The van der Waals surface area contributed by atoms with Gasteiger partial charge in [0, 0.05) is 45.2 Å². The topological polar surface area (TPSA) is 73.4 Å². The van der Waals surface area contributed by atoms with Gasteiger partial charge < -0.3 is 14.2 Å². The number of hydrogen-bond donors (Lipinski definition) is 0. The second-order valence-corrected chi connectivity index (χ2v) is 7.10. The van der Waals surface area contributed by atoms with Gasteiger partial charge in [-0.3, -0.25) is 4.79 Å². The lowest BCUT2D eigenvalue weighted by Gasteiger charge is -2.35. The van der Waals surface area contributed by atoms with Gasteiger partial charge in [-0.05, 0) is 36.4 Å². The van der Waals surface area contributed by atoms with Gasteiger partial charge in [0.15, 0.2) is 0 Å². The molecule has 0 radical (unpaired) electrons. The first-order valence-electron chi connectivity index (χ1n) is 9.87. The van der Waals surface area contributed by atoms with Gasteiger partial charge in [-0.15, -0.1) is 0 Å². The summed E-state index contributed by atoms with van der Waals surface area (Å²) in [4.78, 5) is 20.8. The van der Waals surface area contributed by atoms with Crippen LogP contribution in [0.25, 0.3) is 11.3 Å². The molecular weight excluding hydrogens is 383 g/mol. The highest BCUT2D eigenvalue weighted by Gasteiger charge is 2.23. The van der Waals surface area contributed by atoms with Crippen LogP contribution in [0.2, 0.25) is 0 Å². The first-order valence-corrected chi connectivity index (χ1v) is 9.87. The van der Waals surface area contributed by atoms with Gasteiger partial charge in [0.25, 0.3) is 0 Å². The Morgan fingerprint density at radius 1 is 1.10 bits per heavy atom. The summed E-state index contributed by atoms with van der Waals surface area (Å²) in [7, 11) is 0. The van der Waals surface area contributed by atoms with Crippen LogP contribution in [0.15, 0.2) is 59.1 Å². The minimum Gasteiger partial charge on any atom is -0.461 e. The third kappa shape index (κ3) is 4.18. The predicted octanol–water partition coefficient (Wildman–Crippen LogP) is 3.63. The van der Waals surface area contributed by atoms with Crippen molar-refractivity contribution in [3.8, 4) is 17.4 Å². The highest BCUT2D eigenvalue weighted by atomic mass is 19.1. The zero-order valence-electron chi connectivity index (χ0n) is 16.4. The molecule has 4 rings (SSSR count). The van der Waals surface area contributed by atoms with E-state index in [0.29, 0.717) is 67.5 Å². The highest BCUT2D eigenvalue weighted by molar-refractivity contribution is 5.76. The number of anilines is 1. The molecule has 1 aromatic carbocycles. The summed E-state index contributed by atoms with van der Waals surface area (Å²) < 4.78 is 19.6. The van der Waals surface area contributed by atoms with Crippen LogP contribution in [0, 0.1) is 17.1 Å². The summed E-state index contributed by atoms with van der Waals surface area (Å²) in [6.45, 7) is 2.43. The van der Waals surface area contributed by atoms with Crippen molar-refractivity contribution in [2.24, 2.45) is 0 Å². The number of amides is 1. The van der Waals surface area contributed by atoms with Gasteiger partial charge in [0.1, 0.15) is 29.2 Å². The lowest BCUT2D eigenvalue weighted by molar-refractivity contribution is -0.131. The second kappa shape index (κ2) is 8.78. The Labute approximate surface area is 174 Å². The summed E-state index contributed by atoms with van der Waals surface area (Å²) in [5.74, 6) is 1.52. The molecule has 30 heavy (non-hydrogen) atoms. The summed E-state index contributed by atoms with van der Waals surface area (Å²) in [5, 5.41) is 9.25. The predicted molar refractivity (Wildman–Crippen MR) is 110 cm³/mol. The molecule has 3 aromatic rings. The smallest absolute Gasteiger partial charge is 0.223 e. The molecule has 3 heterocycles. The number of benzene rings is 1. The van der Waals surface area contributed by atoms with E-state index in [0.717, 1.165) is 0 Å². The second-order valence-electron chi connectivity index (χ2n) is 7.10. The molecule has 0 atom stereocenters. The maximum atomic E-state index is 13.9. The highest BCUT2D eigenvalue weighted by Crippen LogP contribution is 2.25. The zero-order valence-corrected chi connectivity index (χ0v) is 16.4. The molecule has 0 saturated carbocycles. The third-order valence-electron chi connectivity index (χ3n) is 5.23. The quantitative estimate of drug-likeness (QED) is 0.649. The number of halogens is 1. The molecule has 0 N–H and O–H groups in total. The molecular formula is C23H21FN4O2. The number of carbonyl (C=O) groups is 1. The van der Waals surface area contributed by atoms with E-state index in [-0.39, 0.29) is 11.7 Å². The van der Waals surface area contributed by atoms with Crippen LogP contribution >= 0.6 is 0 Å². The minimum atomic E-state index is -0.334. The van der Waals surface area contributed by atoms with Crippen LogP contribution < -0.4 is 4.90 Å². The fraction of sp³-hybridized carbons (Fsp3) is 0.261. The van der Waals surface area contributed by atoms with Crippen LogP contribution in [0.3, 0.4) is 0 Å². The largest absolute Gasteiger partial charge is 0.461 e. The normalized spacial score (nSPS) is 13.9. The van der Waals surface area contributed by atoms with E-state index in [4.69, 9.17) is 4.42 Å². The van der Waals surface area contributed by atoms with E-state index in [9.17, 15) is 14.4 Å². The number of hydrogen-bond acceptors (Lipinski definition) is 5. The maximum absolute atomic E-state index is 13.9. The van der Waals surface area contributed by atoms with Gasteiger partial charge in [-0.25, -0.2) is 9.37 Å². The molecule has 6 nitrogen and oxygen atoms in total. The molecule has 0 aliphatic carbocycles. The van der Waals surface area contributed by atoms with E-state index >= 15 is 0 Å². The van der Waals surface area contributed by atoms with Crippen LogP contribution in [0.4, 0.5) is 10.2 Å². The van der Waals surface area contributed by atoms with Crippen molar-refractivity contribution in [1.29, 1.82) is 5.26 Å². The summed E-state index contributed by atoms with van der Waals surface area (Å²) >= 11 is 0. The number of furan rings is 1. The van der Waals surface area contributed by atoms with Crippen molar-refractivity contribution < 1.29 is 13.6 Å². The Hall–Kier alpha value is -3.66. The molecule has 1 fully saturated rings. The number of rotatable bonds is 5. The molecule has 0 unspecified atom stereocenters. The molecule has 2 aromatic heterocycles. The number of nitrogens with zero attached hydrogens (tertiary/aromatic N) is 4. The van der Waals surface area contributed by atoms with Crippen molar-refractivity contribution in [1.82, 2.24) is 9.88 Å². The average Bonchev–Trinajstić information content (AvgIpc) is 3.26. The molecule has 0 bridgehead atoms. The maximum Gasteiger partial charge on any atom is 0.223 e. The summed E-state index contributed by atoms with van der Waals surface area (Å²) in [6, 6.07) is 15.6. The number of nitriles is 1. The molecule has 152 valence electrons. The minimum absolute atomic E-state index is 0.0556. The first-order chi connectivity index (χ1) is 14.7. The van der Waals surface area contributed by atoms with E-state index < -0.39 is 0 Å². The number of pyridine rings is 1. The summed E-state index contributed by atoms with van der Waals surface area (Å²) in [5.41, 5.74) is 0.957. The molecule has 1 amide bonds. The molecule has 1 aliphatic heterocycles. The number of aryl methyl sites for hydroxylation is 1. The van der Waals surface area contributed by atoms with Crippen molar-refractivity contribution in [2.75, 3.05) is 31.1 Å². The monoisotopic (exact) mass is 404 g/mol. The third-order valence-corrected chi connectivity index (χ3v) is 5.23. The Balaban J connectivity index is 1.31. The van der Waals surface area contributed by atoms with E-state index in [1.807, 2.05) is 9.80 Å². The van der Waals surface area contributed by atoms with Crippen molar-refractivity contribution in [2.45, 2.75) is 12.8 Å². The van der Waals surface area contributed by atoms with Crippen LogP contribution in [-0.2, 0) is 11.2 Å². The molecule has 0 spiro atoms. The van der Waals surface area contributed by atoms with Gasteiger partial charge in [-0.1, -0.05) is 12.1 Å². The molecule has 1 aliphatic rings. The fourth-order valence-corrected chi connectivity index (χ4v) is 3.61. The van der Waals surface area contributed by atoms with Crippen molar-refractivity contribution >= 4 is 11.7 Å². The number of aromatic nitrogens is 1. The number of piperazine rings is 1. The Morgan fingerprint density at radius 2 is 1.90 bits per heavy atom. The molecule has 7 heteroatoms. The fourth-order valence-electron chi connectivity index (χ4n) is 3.61. The lowest BCUT2D eigenvalue weighted by atomic mass is 10.1. The van der Waals surface area contributed by atoms with Gasteiger partial charge in [0.2, 0.25) is 5.91 Å². The first kappa shape index (κ1) is 19.6. The van der Waals surface area contributed by atoms with Gasteiger partial charge in [0.05, 0.1) is 11.1 Å². The SMILES string of the molecule is N#Cc1cccnc1N1CCN(C(=O)CCc2ccc(-c3ccccc3F)o2)CC1. The summed E-state index contributed by atoms with van der Waals surface area (Å²) in [6.07, 6.45) is 2.47. The van der Waals surface area contributed by atoms with Gasteiger partial charge in [-0.2, -0.15) is 5.26 Å². The van der Waals surface area contributed by atoms with Crippen molar-refractivity contribution in [3.63, 3.8) is 0 Å². The van der Waals surface area contributed by atoms with Crippen LogP contribution in [0.5, 0.6) is 0 Å². The van der Waals surface area contributed by atoms with E-state index in [1.54, 1.807) is 48.7 Å². The number of carbonyl (C=O) groups excluding carboxylic acids is 1. The zero-order chi connectivity index (χ0) is 20.9. The standard InChI is InChI=1S/C23H21FN4O2/c24-20-6-2-1-5-19(20)21-9-7-18(30-21)8-10-22(29)27-12-14-28(15-13-27)23-17(16-25)4-3-11-26-23/h1-7,9,11H,8,10,12-15H2. The molecule has 1 saturated heterocycles. The average molecular weight is 404 g/mol. The van der Waals surface area contributed by atoms with E-state index in [2.05, 4.69) is 11.1 Å². The van der Waals surface area contributed by atoms with Crippen LogP contribution in [0.1, 0.15) is 17.7 Å². The van der Waals surface area contributed by atoms with Crippen molar-refractivity contribution in [3.05, 3.63) is 71.9 Å². The van der Waals surface area contributed by atoms with Crippen LogP contribution in [-0.4, -0.2) is 42.0 Å². The Morgan fingerprint density at radius 3 is 2.67 bits per heavy atom. The Bertz CT molecular complexity index is 1080. The van der Waals surface area contributed by atoms with Gasteiger partial charge >= 0.3 is 0 Å². The van der Waals surface area contributed by atoms with E-state index in [1.165, 1.54) is 6.07 Å².